The van der Waals surface area contributed by atoms with Crippen LogP contribution < -0.4 is 4.57 Å². The van der Waals surface area contributed by atoms with Gasteiger partial charge in [-0.15, -0.1) is 0 Å². The first-order chi connectivity index (χ1) is 20.9. The molecule has 0 saturated carbocycles. The van der Waals surface area contributed by atoms with E-state index in [-0.39, 0.29) is 0 Å². The van der Waals surface area contributed by atoms with Crippen LogP contribution in [0.25, 0.3) is 0 Å². The minimum Gasteiger partial charge on any atom is -0.377 e. The number of aromatic nitrogens is 1. The van der Waals surface area contributed by atoms with Gasteiger partial charge < -0.3 is 31.0 Å². The van der Waals surface area contributed by atoms with Crippen molar-refractivity contribution in [2.75, 3.05) is 62.8 Å². The number of rotatable bonds is 22. The van der Waals surface area contributed by atoms with Crippen molar-refractivity contribution in [1.29, 1.82) is 0 Å². The lowest BCUT2D eigenvalue weighted by molar-refractivity contribution is -0.922. The van der Waals surface area contributed by atoms with Gasteiger partial charge in [0.15, 0.2) is 18.9 Å². The number of hydrogen-bond donors (Lipinski definition) is 0. The summed E-state index contributed by atoms with van der Waals surface area (Å²) < 4.78 is 37.3. The van der Waals surface area contributed by atoms with Gasteiger partial charge in [-0.2, -0.15) is 0 Å². The molecule has 1 aromatic heterocycles. The summed E-state index contributed by atoms with van der Waals surface area (Å²) in [4.78, 5) is 0. The molecule has 0 fully saturated rings. The first-order valence-corrected chi connectivity index (χ1v) is 20.0. The van der Waals surface area contributed by atoms with E-state index in [9.17, 15) is 0 Å². The number of pyridine rings is 1. The minimum absolute atomic E-state index is 0.603. The summed E-state index contributed by atoms with van der Waals surface area (Å²) in [5.74, 6) is 1.94. The highest BCUT2D eigenvalue weighted by Gasteiger charge is 2.40. The van der Waals surface area contributed by atoms with Crippen LogP contribution in [-0.4, -0.2) is 84.9 Å². The fourth-order valence-electron chi connectivity index (χ4n) is 6.26. The Morgan fingerprint density at radius 1 is 0.659 bits per heavy atom. The summed E-state index contributed by atoms with van der Waals surface area (Å²) in [7, 11) is 7.18. The third-order valence-electron chi connectivity index (χ3n) is 9.06. The number of nitrogens with zero attached hydrogens (tertiary/aromatic N) is 2. The average Bonchev–Trinajstić information content (AvgIpc) is 3.02. The molecule has 1 heterocycles. The van der Waals surface area contributed by atoms with Gasteiger partial charge >= 0.3 is 17.6 Å². The van der Waals surface area contributed by atoms with E-state index in [1.54, 1.807) is 42.7 Å². The number of hydrogen-bond acceptors (Lipinski definition) is 6. The SMILES string of the molecule is CO[Si](CCC[N+](C)(CCC[Si](OC)(OC)OC)Cc1ccc(C[n+]2ccc(C(CC(C)C)C(C)C)cc2)cc1)(OC)OC. The van der Waals surface area contributed by atoms with Gasteiger partial charge in [-0.05, 0) is 29.7 Å². The van der Waals surface area contributed by atoms with Gasteiger partial charge in [-0.3, -0.25) is 0 Å². The second-order valence-corrected chi connectivity index (χ2v) is 19.3. The summed E-state index contributed by atoms with van der Waals surface area (Å²) in [5.41, 5.74) is 4.07. The molecule has 0 saturated heterocycles. The molecule has 0 amide bonds. The van der Waals surface area contributed by atoms with Crippen molar-refractivity contribution in [3.63, 3.8) is 0 Å². The van der Waals surface area contributed by atoms with Crippen LogP contribution in [0.2, 0.25) is 12.1 Å². The van der Waals surface area contributed by atoms with Gasteiger partial charge in [0.1, 0.15) is 6.54 Å². The number of benzene rings is 1. The Hall–Kier alpha value is -1.48. The summed E-state index contributed by atoms with van der Waals surface area (Å²) in [6.45, 7) is 13.0. The van der Waals surface area contributed by atoms with Gasteiger partial charge in [0.2, 0.25) is 0 Å². The fourth-order valence-corrected chi connectivity index (χ4v) is 9.67. The molecule has 0 aliphatic heterocycles. The van der Waals surface area contributed by atoms with Gasteiger partial charge in [-0.1, -0.05) is 52.0 Å². The maximum Gasteiger partial charge on any atom is 0.500 e. The molecule has 0 N–H and O–H groups in total. The molecule has 0 bridgehead atoms. The van der Waals surface area contributed by atoms with E-state index >= 15 is 0 Å². The lowest BCUT2D eigenvalue weighted by Crippen LogP contribution is -2.49. The van der Waals surface area contributed by atoms with Crippen LogP contribution in [-0.2, 0) is 39.6 Å². The largest absolute Gasteiger partial charge is 0.500 e. The third-order valence-corrected chi connectivity index (χ3v) is 14.7. The molecule has 0 aliphatic carbocycles. The predicted octanol–water partition coefficient (Wildman–Crippen LogP) is 6.29. The second-order valence-electron chi connectivity index (χ2n) is 13.1. The summed E-state index contributed by atoms with van der Waals surface area (Å²) in [6, 6.07) is 15.3. The summed E-state index contributed by atoms with van der Waals surface area (Å²) in [6.07, 6.45) is 7.58. The topological polar surface area (TPSA) is 59.3 Å². The van der Waals surface area contributed by atoms with E-state index in [1.165, 1.54) is 23.1 Å². The van der Waals surface area contributed by atoms with Crippen LogP contribution in [0.5, 0.6) is 0 Å². The second kappa shape index (κ2) is 18.6. The fraction of sp³-hybridized carbons (Fsp3) is 0.676. The minimum atomic E-state index is -2.62. The van der Waals surface area contributed by atoms with E-state index in [0.29, 0.717) is 17.8 Å². The molecule has 44 heavy (non-hydrogen) atoms. The molecule has 2 aromatic rings. The van der Waals surface area contributed by atoms with Crippen LogP contribution >= 0.6 is 0 Å². The standard InChI is InChI=1S/C34H62N2O6Si2/c1-29(2)26-34(30(3)4)33-18-20-35(21-19-33)27-31-14-16-32(17-15-31)28-36(5,22-12-24-43(37-6,38-7)39-8)23-13-25-44(40-9,41-10)42-11/h14-21,29-30,34H,12-13,22-28H2,1-11H3/q+2. The van der Waals surface area contributed by atoms with E-state index < -0.39 is 17.6 Å². The van der Waals surface area contributed by atoms with Crippen molar-refractivity contribution < 1.29 is 35.6 Å². The normalized spacial score (nSPS) is 13.7. The lowest BCUT2D eigenvalue weighted by Gasteiger charge is -2.36. The highest BCUT2D eigenvalue weighted by Crippen LogP contribution is 2.30. The monoisotopic (exact) mass is 650 g/mol. The quantitative estimate of drug-likeness (QED) is 0.0849. The first-order valence-electron chi connectivity index (χ1n) is 16.1. The van der Waals surface area contributed by atoms with E-state index in [1.807, 2.05) is 0 Å². The van der Waals surface area contributed by atoms with Gasteiger partial charge in [-0.25, -0.2) is 4.57 Å². The Morgan fingerprint density at radius 2 is 1.09 bits per heavy atom. The zero-order valence-electron chi connectivity index (χ0n) is 29.6. The Kier molecular flexibility index (Phi) is 16.4. The predicted molar refractivity (Wildman–Crippen MR) is 181 cm³/mol. The molecule has 250 valence electrons. The third kappa shape index (κ3) is 11.7. The van der Waals surface area contributed by atoms with Crippen LogP contribution in [0.3, 0.4) is 0 Å². The maximum absolute atomic E-state index is 5.69. The van der Waals surface area contributed by atoms with Crippen LogP contribution in [0.1, 0.15) is 69.6 Å². The zero-order valence-corrected chi connectivity index (χ0v) is 31.6. The Morgan fingerprint density at radius 3 is 1.48 bits per heavy atom. The van der Waals surface area contributed by atoms with E-state index in [0.717, 1.165) is 55.6 Å². The zero-order chi connectivity index (χ0) is 32.8. The van der Waals surface area contributed by atoms with Gasteiger partial charge in [0.25, 0.3) is 0 Å². The molecule has 8 nitrogen and oxygen atoms in total. The highest BCUT2D eigenvalue weighted by atomic mass is 28.4. The molecule has 0 spiro atoms. The lowest BCUT2D eigenvalue weighted by atomic mass is 9.83. The average molecular weight is 651 g/mol. The Labute approximate surface area is 270 Å². The van der Waals surface area contributed by atoms with Crippen molar-refractivity contribution in [1.82, 2.24) is 0 Å². The van der Waals surface area contributed by atoms with Crippen molar-refractivity contribution in [3.05, 3.63) is 65.5 Å². The van der Waals surface area contributed by atoms with E-state index in [4.69, 9.17) is 26.6 Å². The van der Waals surface area contributed by atoms with E-state index in [2.05, 4.69) is 88.1 Å². The van der Waals surface area contributed by atoms with Crippen LogP contribution in [0.15, 0.2) is 48.8 Å². The van der Waals surface area contributed by atoms with Crippen molar-refractivity contribution in [2.24, 2.45) is 11.8 Å². The van der Waals surface area contributed by atoms with Crippen molar-refractivity contribution in [3.8, 4) is 0 Å². The van der Waals surface area contributed by atoms with Crippen molar-refractivity contribution >= 4 is 17.6 Å². The Balaban J connectivity index is 2.13. The summed E-state index contributed by atoms with van der Waals surface area (Å²) in [5, 5.41) is 0. The molecule has 2 rings (SSSR count). The maximum atomic E-state index is 5.69. The first kappa shape index (κ1) is 38.7. The smallest absolute Gasteiger partial charge is 0.377 e. The van der Waals surface area contributed by atoms with Crippen LogP contribution in [0, 0.1) is 11.8 Å². The molecule has 0 aliphatic rings. The summed E-state index contributed by atoms with van der Waals surface area (Å²) >= 11 is 0. The van der Waals surface area contributed by atoms with Crippen LogP contribution in [0.4, 0.5) is 0 Å². The molecular weight excluding hydrogens is 589 g/mol. The molecule has 10 heteroatoms. The molecule has 1 aromatic carbocycles. The molecule has 1 atom stereocenters. The number of quaternary nitrogens is 1. The van der Waals surface area contributed by atoms with Gasteiger partial charge in [0.05, 0.1) is 20.1 Å². The van der Waals surface area contributed by atoms with Crippen molar-refractivity contribution in [2.45, 2.75) is 78.1 Å². The molecule has 0 radical (unpaired) electrons. The molecule has 1 unspecified atom stereocenters. The van der Waals surface area contributed by atoms with Gasteiger partial charge in [0, 0.05) is 90.8 Å². The Bertz CT molecular complexity index is 1020. The highest BCUT2D eigenvalue weighted by molar-refractivity contribution is 6.60. The molecular formula is C34H62N2O6Si2+2.